The number of amides is 3. The van der Waals surface area contributed by atoms with Gasteiger partial charge in [0.15, 0.2) is 0 Å². The van der Waals surface area contributed by atoms with Crippen molar-refractivity contribution >= 4 is 37.7 Å². The summed E-state index contributed by atoms with van der Waals surface area (Å²) in [5, 5.41) is 16.8. The van der Waals surface area contributed by atoms with Crippen LogP contribution in [0.15, 0.2) is 24.3 Å². The van der Waals surface area contributed by atoms with Gasteiger partial charge in [0.1, 0.15) is 11.6 Å². The molecule has 0 aromatic heterocycles. The lowest BCUT2D eigenvalue weighted by Crippen LogP contribution is -2.61. The van der Waals surface area contributed by atoms with E-state index < -0.39 is 54.9 Å². The van der Waals surface area contributed by atoms with Crippen molar-refractivity contribution < 1.29 is 38.1 Å². The molecule has 1 saturated heterocycles. The van der Waals surface area contributed by atoms with Crippen molar-refractivity contribution in [2.45, 2.75) is 83.3 Å². The molecule has 1 saturated carbocycles. The van der Waals surface area contributed by atoms with Gasteiger partial charge >= 0.3 is 12.2 Å². The molecule has 3 amide bonds. The lowest BCUT2D eigenvalue weighted by molar-refractivity contribution is -0.155. The van der Waals surface area contributed by atoms with E-state index in [0.717, 1.165) is 5.56 Å². The summed E-state index contributed by atoms with van der Waals surface area (Å²) in [6.07, 6.45) is 0.466. The zero-order chi connectivity index (χ0) is 31.5. The molecule has 3 rings (SSSR count). The molecule has 42 heavy (non-hydrogen) atoms. The van der Waals surface area contributed by atoms with Crippen LogP contribution in [0.25, 0.3) is 0 Å². The molecule has 236 valence electrons. The highest BCUT2D eigenvalue weighted by molar-refractivity contribution is 7.41. The summed E-state index contributed by atoms with van der Waals surface area (Å²) < 4.78 is 27.0. The molecule has 0 bridgehead atoms. The fourth-order valence-corrected chi connectivity index (χ4v) is 5.98. The number of aliphatic hydroxyl groups is 1. The lowest BCUT2D eigenvalue weighted by Gasteiger charge is -2.51. The van der Waals surface area contributed by atoms with E-state index in [1.807, 2.05) is 27.7 Å². The van der Waals surface area contributed by atoms with E-state index in [2.05, 4.69) is 10.6 Å². The molecule has 2 aliphatic rings. The quantitative estimate of drug-likeness (QED) is 0.161. The molecule has 12 nitrogen and oxygen atoms in total. The summed E-state index contributed by atoms with van der Waals surface area (Å²) in [6.45, 7) is 10.6. The molecule has 2 unspecified atom stereocenters. The number of carbonyl (C=O) groups excluding carboxylic acids is 3. The van der Waals surface area contributed by atoms with Gasteiger partial charge in [0, 0.05) is 23.5 Å². The van der Waals surface area contributed by atoms with Crippen LogP contribution in [0.2, 0.25) is 5.02 Å². The zero-order valence-electron chi connectivity index (χ0n) is 25.1. The Morgan fingerprint density at radius 1 is 1.17 bits per heavy atom. The standard InChI is InChI=1S/C28H44ClN4O8P/c1-18(2)21(22(34)33-14-13-28(37,25(3,4)16-33)19-7-9-20(29)10-8-19)32-23(35)31-15-26(5,6)41-24(36)39-17-40-42(38)27(30)11-12-27/h7-10,18,21,37,42H,11-17,30H2,1-6H3,(H2,31,32,35)/t21?,28-/m0/s1. The first-order valence-corrected chi connectivity index (χ1v) is 15.7. The number of halogens is 1. The van der Waals surface area contributed by atoms with Gasteiger partial charge in [0.05, 0.1) is 17.4 Å². The van der Waals surface area contributed by atoms with Crippen molar-refractivity contribution in [2.24, 2.45) is 17.1 Å². The zero-order valence-corrected chi connectivity index (χ0v) is 26.9. The summed E-state index contributed by atoms with van der Waals surface area (Å²) in [5.41, 5.74) is 3.53. The Hall–Kier alpha value is -2.37. The molecule has 3 atom stereocenters. The number of urea groups is 1. The minimum atomic E-state index is -2.53. The Labute approximate surface area is 252 Å². The molecule has 1 aromatic rings. The molecule has 0 spiro atoms. The van der Waals surface area contributed by atoms with Crippen molar-refractivity contribution in [3.05, 3.63) is 34.9 Å². The summed E-state index contributed by atoms with van der Waals surface area (Å²) in [5.74, 6) is -0.478. The first-order chi connectivity index (χ1) is 19.4. The molecule has 0 radical (unpaired) electrons. The van der Waals surface area contributed by atoms with Crippen molar-refractivity contribution in [2.75, 3.05) is 26.4 Å². The first kappa shape index (κ1) is 34.1. The molecule has 2 fully saturated rings. The minimum Gasteiger partial charge on any atom is -0.426 e. The van der Waals surface area contributed by atoms with Gasteiger partial charge in [-0.05, 0) is 56.7 Å². The van der Waals surface area contributed by atoms with Crippen LogP contribution in [0, 0.1) is 11.3 Å². The van der Waals surface area contributed by atoms with Crippen LogP contribution in [0.4, 0.5) is 9.59 Å². The summed E-state index contributed by atoms with van der Waals surface area (Å²) in [6, 6.07) is 5.64. The van der Waals surface area contributed by atoms with Crippen molar-refractivity contribution in [3.8, 4) is 0 Å². The fraction of sp³-hybridized carbons (Fsp3) is 0.679. The summed E-state index contributed by atoms with van der Waals surface area (Å²) in [7, 11) is -2.53. The molecule has 14 heteroatoms. The van der Waals surface area contributed by atoms with E-state index in [9.17, 15) is 24.1 Å². The number of ether oxygens (including phenoxy) is 2. The third-order valence-electron chi connectivity index (χ3n) is 7.90. The van der Waals surface area contributed by atoms with Crippen LogP contribution >= 0.6 is 19.6 Å². The van der Waals surface area contributed by atoms with Gasteiger partial charge in [-0.15, -0.1) is 0 Å². The number of nitrogens with two attached hydrogens (primary N) is 1. The second-order valence-electron chi connectivity index (χ2n) is 12.8. The number of hydrogen-bond donors (Lipinski definition) is 4. The van der Waals surface area contributed by atoms with E-state index in [-0.39, 0.29) is 24.9 Å². The van der Waals surface area contributed by atoms with E-state index in [1.165, 1.54) is 0 Å². The summed E-state index contributed by atoms with van der Waals surface area (Å²) >= 11 is 6.03. The monoisotopic (exact) mass is 630 g/mol. The van der Waals surface area contributed by atoms with Crippen LogP contribution in [0.5, 0.6) is 0 Å². The molecule has 1 aliphatic heterocycles. The molecule has 5 N–H and O–H groups in total. The van der Waals surface area contributed by atoms with Gasteiger partial charge < -0.3 is 35.8 Å². The number of carbonyl (C=O) groups is 3. The highest BCUT2D eigenvalue weighted by Gasteiger charge is 2.50. The minimum absolute atomic E-state index is 0.0822. The third-order valence-corrected chi connectivity index (χ3v) is 9.84. The summed E-state index contributed by atoms with van der Waals surface area (Å²) in [4.78, 5) is 40.1. The Bertz CT molecular complexity index is 1170. The van der Waals surface area contributed by atoms with Crippen molar-refractivity contribution in [1.82, 2.24) is 15.5 Å². The molecular weight excluding hydrogens is 587 g/mol. The Balaban J connectivity index is 1.51. The van der Waals surface area contributed by atoms with Crippen LogP contribution in [-0.2, 0) is 29.0 Å². The highest BCUT2D eigenvalue weighted by Crippen LogP contribution is 2.53. The van der Waals surface area contributed by atoms with Gasteiger partial charge in [-0.25, -0.2) is 9.59 Å². The average molecular weight is 631 g/mol. The van der Waals surface area contributed by atoms with Crippen LogP contribution in [0.3, 0.4) is 0 Å². The number of nitrogens with one attached hydrogen (secondary N) is 2. The number of hydrogen-bond acceptors (Lipinski definition) is 9. The molecule has 1 aliphatic carbocycles. The van der Waals surface area contributed by atoms with E-state index in [4.69, 9.17) is 31.3 Å². The first-order valence-electron chi connectivity index (χ1n) is 14.0. The average Bonchev–Trinajstić information content (AvgIpc) is 3.65. The van der Waals surface area contributed by atoms with Gasteiger partial charge in [-0.2, -0.15) is 0 Å². The highest BCUT2D eigenvalue weighted by atomic mass is 35.5. The second kappa shape index (κ2) is 13.1. The third kappa shape index (κ3) is 8.38. The van der Waals surface area contributed by atoms with E-state index in [0.29, 0.717) is 30.8 Å². The smallest absolute Gasteiger partial charge is 0.426 e. The predicted octanol–water partition coefficient (Wildman–Crippen LogP) is 3.94. The maximum Gasteiger partial charge on any atom is 0.511 e. The lowest BCUT2D eigenvalue weighted by atomic mass is 9.66. The number of benzene rings is 1. The van der Waals surface area contributed by atoms with E-state index in [1.54, 1.807) is 43.0 Å². The van der Waals surface area contributed by atoms with Crippen LogP contribution in [0.1, 0.15) is 66.4 Å². The Kier molecular flexibility index (Phi) is 10.6. The van der Waals surface area contributed by atoms with Crippen molar-refractivity contribution in [1.29, 1.82) is 0 Å². The largest absolute Gasteiger partial charge is 0.511 e. The van der Waals surface area contributed by atoms with Gasteiger partial charge in [-0.3, -0.25) is 13.9 Å². The van der Waals surface area contributed by atoms with Crippen LogP contribution in [-0.4, -0.2) is 71.5 Å². The maximum absolute atomic E-state index is 13.6. The molecule has 1 aromatic carbocycles. The molecular formula is C28H44ClN4O8P. The number of likely N-dealkylation sites (tertiary alicyclic amines) is 1. The number of piperidine rings is 1. The Morgan fingerprint density at radius 3 is 2.33 bits per heavy atom. The number of rotatable bonds is 11. The van der Waals surface area contributed by atoms with Crippen molar-refractivity contribution in [3.63, 3.8) is 0 Å². The SMILES string of the molecule is CC(C)C(NC(=O)NCC(C)(C)OC(=O)OCO[PH](=O)C1(N)CC1)C(=O)N1CC[C@](O)(c2ccc(Cl)cc2)C(C)(C)C1. The Morgan fingerprint density at radius 2 is 1.79 bits per heavy atom. The predicted molar refractivity (Wildman–Crippen MR) is 158 cm³/mol. The topological polar surface area (TPSA) is 170 Å². The second-order valence-corrected chi connectivity index (χ2v) is 15.1. The van der Waals surface area contributed by atoms with Gasteiger partial charge in [0.25, 0.3) is 0 Å². The van der Waals surface area contributed by atoms with Gasteiger partial charge in [-0.1, -0.05) is 51.4 Å². The molecule has 1 heterocycles. The van der Waals surface area contributed by atoms with E-state index >= 15 is 0 Å². The number of nitrogens with zero attached hydrogens (tertiary/aromatic N) is 1. The maximum atomic E-state index is 13.6. The van der Waals surface area contributed by atoms with Crippen LogP contribution < -0.4 is 16.4 Å². The fourth-order valence-electron chi connectivity index (χ4n) is 4.87. The van der Waals surface area contributed by atoms with Gasteiger partial charge in [0.2, 0.25) is 20.7 Å². The normalized spacial score (nSPS) is 22.6.